The fraction of sp³-hybridized carbons (Fsp3) is 0.250. The number of aryl methyl sites for hydroxylation is 1. The minimum Gasteiger partial charge on any atom is -0.386 e. The lowest BCUT2D eigenvalue weighted by molar-refractivity contribution is -0.116. The van der Waals surface area contributed by atoms with Gasteiger partial charge in [-0.3, -0.25) is 4.79 Å². The maximum Gasteiger partial charge on any atom is 0.134 e. The van der Waals surface area contributed by atoms with E-state index in [1.54, 1.807) is 20.8 Å². The Balaban J connectivity index is 1.49. The van der Waals surface area contributed by atoms with Gasteiger partial charge in [-0.1, -0.05) is 72.3 Å². The molecule has 4 rings (SSSR count). The number of benzene rings is 3. The number of pyridine rings is 1. The van der Waals surface area contributed by atoms with Crippen molar-refractivity contribution in [3.63, 3.8) is 0 Å². The second kappa shape index (κ2) is 11.6. The number of ketones is 1. The number of thiol groups is 1. The molecule has 37 heavy (non-hydrogen) atoms. The van der Waals surface area contributed by atoms with Crippen molar-refractivity contribution in [3.8, 4) is 0 Å². The van der Waals surface area contributed by atoms with E-state index in [2.05, 4.69) is 24.3 Å². The molecule has 0 saturated heterocycles. The van der Waals surface area contributed by atoms with Gasteiger partial charge in [0.05, 0.1) is 16.8 Å². The Morgan fingerprint density at radius 3 is 2.51 bits per heavy atom. The Bertz CT molecular complexity index is 1460. The number of aromatic nitrogens is 1. The number of carbonyl (C=O) groups excluding carboxylic acids is 1. The number of hydrogen-bond donors (Lipinski definition) is 2. The molecule has 1 aromatic heterocycles. The fourth-order valence-corrected chi connectivity index (χ4v) is 5.23. The van der Waals surface area contributed by atoms with Gasteiger partial charge in [-0.15, -0.1) is 0 Å². The van der Waals surface area contributed by atoms with Crippen LogP contribution >= 0.6 is 24.2 Å². The molecule has 1 unspecified atom stereocenters. The summed E-state index contributed by atoms with van der Waals surface area (Å²) < 4.78 is 0. The maximum absolute atomic E-state index is 11.8. The van der Waals surface area contributed by atoms with Gasteiger partial charge in [-0.25, -0.2) is 4.98 Å². The minimum atomic E-state index is -1.03. The number of fused-ring (bicyclic) bond motifs is 1. The molecule has 1 heterocycles. The Kier molecular flexibility index (Phi) is 8.53. The van der Waals surface area contributed by atoms with Crippen LogP contribution < -0.4 is 0 Å². The normalized spacial score (nSPS) is 12.8. The smallest absolute Gasteiger partial charge is 0.134 e. The molecule has 3 aromatic carbocycles. The summed E-state index contributed by atoms with van der Waals surface area (Å²) >= 11 is 11.0. The summed E-state index contributed by atoms with van der Waals surface area (Å²) in [6, 6.07) is 24.1. The second-order valence-electron chi connectivity index (χ2n) is 10.0. The van der Waals surface area contributed by atoms with Crippen LogP contribution in [0.3, 0.4) is 0 Å². The van der Waals surface area contributed by atoms with Crippen molar-refractivity contribution in [1.29, 1.82) is 0 Å². The van der Waals surface area contributed by atoms with Crippen LogP contribution in [0.15, 0.2) is 72.8 Å². The van der Waals surface area contributed by atoms with E-state index in [0.717, 1.165) is 57.3 Å². The van der Waals surface area contributed by atoms with Crippen molar-refractivity contribution in [2.24, 2.45) is 0 Å². The van der Waals surface area contributed by atoms with Crippen LogP contribution in [-0.2, 0) is 23.2 Å². The highest BCUT2D eigenvalue weighted by Gasteiger charge is 2.24. The number of rotatable bonds is 9. The first kappa shape index (κ1) is 27.1. The van der Waals surface area contributed by atoms with E-state index in [9.17, 15) is 9.90 Å². The molecular formula is C32H32ClNO2S. The van der Waals surface area contributed by atoms with Crippen LogP contribution in [0.2, 0.25) is 5.02 Å². The van der Waals surface area contributed by atoms with E-state index in [1.807, 2.05) is 60.7 Å². The quantitative estimate of drug-likeness (QED) is 0.216. The molecule has 0 amide bonds. The lowest BCUT2D eigenvalue weighted by Crippen LogP contribution is -2.21. The third-order valence-corrected chi connectivity index (χ3v) is 7.18. The zero-order valence-corrected chi connectivity index (χ0v) is 23.1. The number of hydrogen-bond acceptors (Lipinski definition) is 4. The van der Waals surface area contributed by atoms with Gasteiger partial charge in [0.25, 0.3) is 0 Å². The van der Waals surface area contributed by atoms with Gasteiger partial charge in [-0.05, 0) is 85.7 Å². The molecular weight excluding hydrogens is 498 g/mol. The average Bonchev–Trinajstić information content (AvgIpc) is 2.85. The standard InChI is InChI=1S/C32H32ClNO2S/c1-21(35)18-26-9-5-7-24(31(26)32(2,3)36)13-17-30(37)25-8-4-6-22(19-25)10-15-28-16-12-23-11-14-27(33)20-29(23)34-28/h4-12,14-16,19-20,30,36-37H,13,17-18H2,1-3H3. The number of Topliss-reactive ketones (excluding diaryl/α,β-unsaturated/α-hetero) is 1. The first-order valence-corrected chi connectivity index (χ1v) is 13.3. The predicted octanol–water partition coefficient (Wildman–Crippen LogP) is 8.02. The Morgan fingerprint density at radius 1 is 1.03 bits per heavy atom. The molecule has 190 valence electrons. The Hall–Kier alpha value is -2.92. The summed E-state index contributed by atoms with van der Waals surface area (Å²) in [6.45, 7) is 5.14. The molecule has 0 spiro atoms. The van der Waals surface area contributed by atoms with E-state index >= 15 is 0 Å². The van der Waals surface area contributed by atoms with Crippen molar-refractivity contribution < 1.29 is 9.90 Å². The summed E-state index contributed by atoms with van der Waals surface area (Å²) in [5, 5.41) is 12.6. The molecule has 1 N–H and O–H groups in total. The zero-order chi connectivity index (χ0) is 26.6. The number of aliphatic hydroxyl groups is 1. The first-order chi connectivity index (χ1) is 17.6. The van der Waals surface area contributed by atoms with E-state index in [-0.39, 0.29) is 11.0 Å². The van der Waals surface area contributed by atoms with Gasteiger partial charge in [0.15, 0.2) is 0 Å². The van der Waals surface area contributed by atoms with Crippen LogP contribution in [-0.4, -0.2) is 15.9 Å². The van der Waals surface area contributed by atoms with E-state index in [1.165, 1.54) is 0 Å². The summed E-state index contributed by atoms with van der Waals surface area (Å²) in [5.74, 6) is 0.0854. The van der Waals surface area contributed by atoms with Crippen LogP contribution in [0, 0.1) is 0 Å². The average molecular weight is 530 g/mol. The Morgan fingerprint density at radius 2 is 1.76 bits per heavy atom. The minimum absolute atomic E-state index is 0.0282. The van der Waals surface area contributed by atoms with Crippen molar-refractivity contribution in [2.45, 2.75) is 50.9 Å². The Labute approximate surface area is 229 Å². The highest BCUT2D eigenvalue weighted by atomic mass is 35.5. The summed E-state index contributed by atoms with van der Waals surface area (Å²) in [4.78, 5) is 16.5. The SMILES string of the molecule is CC(=O)Cc1cccc(CCC(S)c2cccc(C=Cc3ccc4ccc(Cl)cc4n3)c2)c1C(C)(C)O. The van der Waals surface area contributed by atoms with Gasteiger partial charge in [-0.2, -0.15) is 12.6 Å². The number of nitrogens with zero attached hydrogens (tertiary/aromatic N) is 1. The van der Waals surface area contributed by atoms with Crippen LogP contribution in [0.25, 0.3) is 23.1 Å². The van der Waals surface area contributed by atoms with E-state index in [4.69, 9.17) is 29.2 Å². The predicted molar refractivity (Wildman–Crippen MR) is 158 cm³/mol. The molecule has 0 aliphatic rings. The summed E-state index contributed by atoms with van der Waals surface area (Å²) in [7, 11) is 0. The lowest BCUT2D eigenvalue weighted by atomic mass is 9.85. The highest BCUT2D eigenvalue weighted by molar-refractivity contribution is 7.80. The van der Waals surface area contributed by atoms with E-state index in [0.29, 0.717) is 11.4 Å². The highest BCUT2D eigenvalue weighted by Crippen LogP contribution is 2.32. The van der Waals surface area contributed by atoms with Crippen molar-refractivity contribution >= 4 is 53.1 Å². The van der Waals surface area contributed by atoms with Gasteiger partial charge < -0.3 is 5.11 Å². The third kappa shape index (κ3) is 7.10. The van der Waals surface area contributed by atoms with Crippen molar-refractivity contribution in [3.05, 3.63) is 111 Å². The topological polar surface area (TPSA) is 50.2 Å². The molecule has 0 radical (unpaired) electrons. The van der Waals surface area contributed by atoms with Gasteiger partial charge in [0.2, 0.25) is 0 Å². The third-order valence-electron chi connectivity index (χ3n) is 6.39. The first-order valence-electron chi connectivity index (χ1n) is 12.5. The molecule has 3 nitrogen and oxygen atoms in total. The van der Waals surface area contributed by atoms with E-state index < -0.39 is 5.60 Å². The molecule has 0 saturated carbocycles. The molecule has 4 aromatic rings. The van der Waals surface area contributed by atoms with Gasteiger partial charge >= 0.3 is 0 Å². The van der Waals surface area contributed by atoms with Crippen LogP contribution in [0.5, 0.6) is 0 Å². The van der Waals surface area contributed by atoms with Gasteiger partial charge in [0.1, 0.15) is 5.78 Å². The van der Waals surface area contributed by atoms with Crippen LogP contribution in [0.1, 0.15) is 66.0 Å². The largest absolute Gasteiger partial charge is 0.386 e. The molecule has 0 aliphatic heterocycles. The molecule has 1 atom stereocenters. The second-order valence-corrected chi connectivity index (χ2v) is 11.1. The molecule has 0 aliphatic carbocycles. The summed E-state index contributed by atoms with van der Waals surface area (Å²) in [5.41, 5.74) is 5.73. The monoisotopic (exact) mass is 529 g/mol. The lowest BCUT2D eigenvalue weighted by Gasteiger charge is -2.26. The van der Waals surface area contributed by atoms with Crippen molar-refractivity contribution in [2.75, 3.05) is 0 Å². The van der Waals surface area contributed by atoms with Crippen LogP contribution in [0.4, 0.5) is 0 Å². The summed E-state index contributed by atoms with van der Waals surface area (Å²) in [6.07, 6.45) is 5.94. The fourth-order valence-electron chi connectivity index (χ4n) is 4.77. The molecule has 0 fully saturated rings. The number of carbonyl (C=O) groups is 1. The van der Waals surface area contributed by atoms with Gasteiger partial charge in [0, 0.05) is 22.1 Å². The number of halogens is 1. The molecule has 0 bridgehead atoms. The zero-order valence-electron chi connectivity index (χ0n) is 21.4. The van der Waals surface area contributed by atoms with Crippen molar-refractivity contribution in [1.82, 2.24) is 4.98 Å². The maximum atomic E-state index is 11.8. The molecule has 5 heteroatoms.